The van der Waals surface area contributed by atoms with Crippen LogP contribution in [-0.2, 0) is 11.2 Å². The quantitative estimate of drug-likeness (QED) is 0.896. The number of aromatic nitrogens is 4. The molecule has 6 nitrogen and oxygen atoms in total. The second-order valence-corrected chi connectivity index (χ2v) is 6.51. The van der Waals surface area contributed by atoms with Gasteiger partial charge in [0.25, 0.3) is 0 Å². The maximum absolute atomic E-state index is 6.02. The van der Waals surface area contributed by atoms with Crippen molar-refractivity contribution in [3.05, 3.63) is 10.8 Å². The molecule has 0 aliphatic carbocycles. The third kappa shape index (κ3) is 2.25. The van der Waals surface area contributed by atoms with Gasteiger partial charge < -0.3 is 10.5 Å². The van der Waals surface area contributed by atoms with Crippen LogP contribution in [0.4, 0.5) is 0 Å². The van der Waals surface area contributed by atoms with Crippen LogP contribution >= 0.6 is 11.3 Å². The fraction of sp³-hybridized carbons (Fsp3) is 0.727. The Bertz CT molecular complexity index is 549. The van der Waals surface area contributed by atoms with Crippen molar-refractivity contribution in [2.24, 2.45) is 5.73 Å². The zero-order valence-corrected chi connectivity index (χ0v) is 11.4. The van der Waals surface area contributed by atoms with Crippen molar-refractivity contribution in [3.63, 3.8) is 0 Å². The number of nitrogens with zero attached hydrogens (tertiary/aromatic N) is 4. The summed E-state index contributed by atoms with van der Waals surface area (Å²) < 4.78 is 7.24. The Hall–Kier alpha value is -1.05. The van der Waals surface area contributed by atoms with Crippen LogP contribution in [0, 0.1) is 0 Å². The van der Waals surface area contributed by atoms with Gasteiger partial charge >= 0.3 is 0 Å². The van der Waals surface area contributed by atoms with E-state index in [1.165, 1.54) is 0 Å². The van der Waals surface area contributed by atoms with E-state index in [0.717, 1.165) is 41.8 Å². The van der Waals surface area contributed by atoms with Crippen molar-refractivity contribution in [1.29, 1.82) is 0 Å². The second-order valence-electron chi connectivity index (χ2n) is 5.47. The zero-order valence-electron chi connectivity index (χ0n) is 10.6. The van der Waals surface area contributed by atoms with Crippen molar-refractivity contribution in [1.82, 2.24) is 19.8 Å². The van der Waals surface area contributed by atoms with E-state index in [2.05, 4.69) is 15.3 Å². The van der Waals surface area contributed by atoms with Gasteiger partial charge in [0.2, 0.25) is 4.96 Å². The van der Waals surface area contributed by atoms with Gasteiger partial charge in [0.1, 0.15) is 5.01 Å². The first kappa shape index (κ1) is 12.0. The van der Waals surface area contributed by atoms with Gasteiger partial charge in [0, 0.05) is 24.5 Å². The topological polar surface area (TPSA) is 78.3 Å². The monoisotopic (exact) mass is 267 g/mol. The summed E-state index contributed by atoms with van der Waals surface area (Å²) >= 11 is 1.56. The highest BCUT2D eigenvalue weighted by molar-refractivity contribution is 7.16. The van der Waals surface area contributed by atoms with Crippen molar-refractivity contribution >= 4 is 16.3 Å². The van der Waals surface area contributed by atoms with E-state index in [1.807, 2.05) is 18.4 Å². The van der Waals surface area contributed by atoms with Crippen molar-refractivity contribution in [2.45, 2.75) is 38.1 Å². The van der Waals surface area contributed by atoms with Crippen LogP contribution in [0.3, 0.4) is 0 Å². The van der Waals surface area contributed by atoms with Gasteiger partial charge in [-0.15, -0.1) is 10.2 Å². The first-order chi connectivity index (χ1) is 8.53. The number of hydrogen-bond acceptors (Lipinski definition) is 6. The second kappa shape index (κ2) is 4.25. The molecule has 2 aromatic heterocycles. The van der Waals surface area contributed by atoms with E-state index in [1.54, 1.807) is 11.3 Å². The van der Waals surface area contributed by atoms with Gasteiger partial charge in [-0.2, -0.15) is 9.61 Å². The Labute approximate surface area is 109 Å². The number of hydrogen-bond donors (Lipinski definition) is 1. The Balaban J connectivity index is 1.92. The lowest BCUT2D eigenvalue weighted by molar-refractivity contribution is 0.193. The van der Waals surface area contributed by atoms with Gasteiger partial charge in [0.05, 0.1) is 6.61 Å². The van der Waals surface area contributed by atoms with Gasteiger partial charge in [-0.25, -0.2) is 0 Å². The highest BCUT2D eigenvalue weighted by Crippen LogP contribution is 2.26. The highest BCUT2D eigenvalue weighted by Gasteiger charge is 2.25. The zero-order chi connectivity index (χ0) is 12.8. The molecule has 2 N–H and O–H groups in total. The molecule has 2 aromatic rings. The molecule has 1 atom stereocenters. The van der Waals surface area contributed by atoms with Crippen LogP contribution in [0.1, 0.15) is 37.0 Å². The van der Waals surface area contributed by atoms with E-state index in [0.29, 0.717) is 5.92 Å². The number of ether oxygens (including phenoxy) is 1. The minimum Gasteiger partial charge on any atom is -0.381 e. The molecule has 0 spiro atoms. The number of fused-ring (bicyclic) bond motifs is 1. The van der Waals surface area contributed by atoms with Crippen molar-refractivity contribution in [2.75, 3.05) is 13.2 Å². The molecule has 3 heterocycles. The molecule has 1 fully saturated rings. The van der Waals surface area contributed by atoms with E-state index in [-0.39, 0.29) is 5.54 Å². The molecule has 1 saturated heterocycles. The number of nitrogens with two attached hydrogens (primary N) is 1. The summed E-state index contributed by atoms with van der Waals surface area (Å²) in [5.74, 6) is 1.24. The van der Waals surface area contributed by atoms with E-state index >= 15 is 0 Å². The molecule has 1 unspecified atom stereocenters. The molecule has 98 valence electrons. The fourth-order valence-electron chi connectivity index (χ4n) is 2.13. The molecule has 1 aliphatic heterocycles. The molecule has 1 aliphatic rings. The lowest BCUT2D eigenvalue weighted by Gasteiger charge is -2.15. The van der Waals surface area contributed by atoms with Crippen molar-refractivity contribution < 1.29 is 4.74 Å². The van der Waals surface area contributed by atoms with Crippen LogP contribution in [0.25, 0.3) is 4.96 Å². The molecule has 0 saturated carbocycles. The van der Waals surface area contributed by atoms with Crippen LogP contribution in [-0.4, -0.2) is 38.6 Å². The first-order valence-electron chi connectivity index (χ1n) is 6.10. The maximum atomic E-state index is 6.02. The third-order valence-corrected chi connectivity index (χ3v) is 3.86. The Morgan fingerprint density at radius 1 is 1.50 bits per heavy atom. The molecule has 0 radical (unpaired) electrons. The average molecular weight is 267 g/mol. The third-order valence-electron chi connectivity index (χ3n) is 2.96. The Morgan fingerprint density at radius 2 is 2.33 bits per heavy atom. The summed E-state index contributed by atoms with van der Waals surface area (Å²) in [5, 5.41) is 14.0. The Morgan fingerprint density at radius 3 is 3.00 bits per heavy atom. The van der Waals surface area contributed by atoms with Gasteiger partial charge in [0.15, 0.2) is 5.82 Å². The molecular formula is C11H17N5OS. The lowest BCUT2D eigenvalue weighted by Crippen LogP contribution is -2.34. The van der Waals surface area contributed by atoms with E-state index in [9.17, 15) is 0 Å². The fourth-order valence-corrected chi connectivity index (χ4v) is 3.21. The minimum atomic E-state index is -0.250. The summed E-state index contributed by atoms with van der Waals surface area (Å²) in [7, 11) is 0. The van der Waals surface area contributed by atoms with E-state index < -0.39 is 0 Å². The summed E-state index contributed by atoms with van der Waals surface area (Å²) in [5.41, 5.74) is 5.77. The van der Waals surface area contributed by atoms with Gasteiger partial charge in [-0.05, 0) is 20.3 Å². The molecule has 3 rings (SSSR count). The highest BCUT2D eigenvalue weighted by atomic mass is 32.1. The normalized spacial score (nSPS) is 20.9. The summed E-state index contributed by atoms with van der Waals surface area (Å²) in [6.45, 7) is 5.52. The molecule has 0 bridgehead atoms. The van der Waals surface area contributed by atoms with Gasteiger partial charge in [-0.1, -0.05) is 11.3 Å². The largest absolute Gasteiger partial charge is 0.381 e. The molecule has 0 amide bonds. The van der Waals surface area contributed by atoms with Crippen LogP contribution in [0.15, 0.2) is 0 Å². The van der Waals surface area contributed by atoms with Crippen LogP contribution < -0.4 is 5.73 Å². The summed E-state index contributed by atoms with van der Waals surface area (Å²) in [6.07, 6.45) is 1.75. The predicted octanol–water partition coefficient (Wildman–Crippen LogP) is 0.969. The number of rotatable bonds is 3. The molecule has 0 aromatic carbocycles. The Kier molecular flexibility index (Phi) is 2.84. The SMILES string of the molecule is CC(C)(N)Cc1nn2c(C3CCOC3)nnc2s1. The summed E-state index contributed by atoms with van der Waals surface area (Å²) in [6, 6.07) is 0. The summed E-state index contributed by atoms with van der Waals surface area (Å²) in [4.78, 5) is 0.844. The lowest BCUT2D eigenvalue weighted by atomic mass is 10.0. The maximum Gasteiger partial charge on any atom is 0.234 e. The first-order valence-corrected chi connectivity index (χ1v) is 6.92. The van der Waals surface area contributed by atoms with Gasteiger partial charge in [-0.3, -0.25) is 0 Å². The minimum absolute atomic E-state index is 0.250. The van der Waals surface area contributed by atoms with Crippen molar-refractivity contribution in [3.8, 4) is 0 Å². The molecular weight excluding hydrogens is 250 g/mol. The van der Waals surface area contributed by atoms with Crippen LogP contribution in [0.2, 0.25) is 0 Å². The van der Waals surface area contributed by atoms with E-state index in [4.69, 9.17) is 10.5 Å². The molecule has 18 heavy (non-hydrogen) atoms. The smallest absolute Gasteiger partial charge is 0.234 e. The standard InChI is InChI=1S/C11H17N5OS/c1-11(2,12)5-8-15-16-9(7-3-4-17-6-7)13-14-10(16)18-8/h7H,3-6,12H2,1-2H3. The average Bonchev–Trinajstić information content (AvgIpc) is 2.88. The molecule has 7 heteroatoms. The van der Waals surface area contributed by atoms with Crippen LogP contribution in [0.5, 0.6) is 0 Å². The predicted molar refractivity (Wildman–Crippen MR) is 68.8 cm³/mol.